The SMILES string of the molecule is Cc1cc(-c2ccccc2)[nH]c(=O)c1OS(C)(=O)=O. The standard InChI is InChI=1S/C13H13NO4S/c1-9-8-11(10-6-4-3-5-7-10)14-13(15)12(9)18-19(2,16)17/h3-8H,1-2H3,(H,14,15). The molecule has 100 valence electrons. The van der Waals surface area contributed by atoms with Crippen molar-refractivity contribution in [2.75, 3.05) is 6.26 Å². The molecule has 0 saturated heterocycles. The van der Waals surface area contributed by atoms with Crippen LogP contribution in [0.4, 0.5) is 0 Å². The molecule has 19 heavy (non-hydrogen) atoms. The van der Waals surface area contributed by atoms with Gasteiger partial charge in [0, 0.05) is 11.3 Å². The Hall–Kier alpha value is -2.08. The van der Waals surface area contributed by atoms with Gasteiger partial charge in [-0.05, 0) is 18.6 Å². The summed E-state index contributed by atoms with van der Waals surface area (Å²) < 4.78 is 26.9. The van der Waals surface area contributed by atoms with Gasteiger partial charge in [-0.1, -0.05) is 30.3 Å². The average molecular weight is 279 g/mol. The molecular weight excluding hydrogens is 266 g/mol. The summed E-state index contributed by atoms with van der Waals surface area (Å²) in [6.07, 6.45) is 0.900. The molecule has 1 aromatic heterocycles. The number of hydrogen-bond acceptors (Lipinski definition) is 4. The van der Waals surface area contributed by atoms with Crippen molar-refractivity contribution >= 4 is 10.1 Å². The van der Waals surface area contributed by atoms with Gasteiger partial charge in [0.1, 0.15) is 0 Å². The van der Waals surface area contributed by atoms with E-state index < -0.39 is 15.7 Å². The fraction of sp³-hybridized carbons (Fsp3) is 0.154. The van der Waals surface area contributed by atoms with Gasteiger partial charge in [-0.15, -0.1) is 0 Å². The number of pyridine rings is 1. The van der Waals surface area contributed by atoms with Gasteiger partial charge in [0.05, 0.1) is 6.26 Å². The number of benzene rings is 1. The summed E-state index contributed by atoms with van der Waals surface area (Å²) in [4.78, 5) is 14.5. The molecule has 0 aliphatic rings. The first kappa shape index (κ1) is 13.4. The summed E-state index contributed by atoms with van der Waals surface area (Å²) in [6.45, 7) is 1.63. The van der Waals surface area contributed by atoms with Gasteiger partial charge in [-0.3, -0.25) is 4.79 Å². The van der Waals surface area contributed by atoms with Crippen molar-refractivity contribution in [2.45, 2.75) is 6.92 Å². The number of aryl methyl sites for hydroxylation is 1. The number of hydrogen-bond donors (Lipinski definition) is 1. The lowest BCUT2D eigenvalue weighted by atomic mass is 10.1. The lowest BCUT2D eigenvalue weighted by Gasteiger charge is -2.08. The van der Waals surface area contributed by atoms with Crippen molar-refractivity contribution < 1.29 is 12.6 Å². The van der Waals surface area contributed by atoms with Crippen LogP contribution in [0.1, 0.15) is 5.56 Å². The molecule has 0 radical (unpaired) electrons. The Bertz CT molecular complexity index is 748. The monoisotopic (exact) mass is 279 g/mol. The normalized spacial score (nSPS) is 11.3. The van der Waals surface area contributed by atoms with E-state index >= 15 is 0 Å². The molecule has 1 heterocycles. The molecule has 1 aromatic carbocycles. The maximum Gasteiger partial charge on any atom is 0.306 e. The molecule has 2 rings (SSSR count). The van der Waals surface area contributed by atoms with Crippen molar-refractivity contribution in [2.24, 2.45) is 0 Å². The zero-order valence-electron chi connectivity index (χ0n) is 10.5. The van der Waals surface area contributed by atoms with Crippen molar-refractivity contribution in [1.82, 2.24) is 4.98 Å². The van der Waals surface area contributed by atoms with Gasteiger partial charge >= 0.3 is 10.1 Å². The zero-order valence-corrected chi connectivity index (χ0v) is 11.3. The Balaban J connectivity index is 2.52. The third-order valence-electron chi connectivity index (χ3n) is 2.49. The van der Waals surface area contributed by atoms with Crippen LogP contribution < -0.4 is 9.74 Å². The number of nitrogens with one attached hydrogen (secondary N) is 1. The number of rotatable bonds is 3. The minimum absolute atomic E-state index is 0.192. The Kier molecular flexibility index (Phi) is 3.44. The van der Waals surface area contributed by atoms with Gasteiger partial charge in [0.15, 0.2) is 0 Å². The van der Waals surface area contributed by atoms with Crippen LogP contribution in [0, 0.1) is 6.92 Å². The molecular formula is C13H13NO4S. The minimum Gasteiger partial charge on any atom is -0.376 e. The molecule has 0 fully saturated rings. The van der Waals surface area contributed by atoms with Crippen molar-refractivity contribution in [1.29, 1.82) is 0 Å². The molecule has 0 unspecified atom stereocenters. The molecule has 0 atom stereocenters. The maximum absolute atomic E-state index is 11.9. The number of aromatic amines is 1. The molecule has 0 aliphatic heterocycles. The van der Waals surface area contributed by atoms with Crippen LogP contribution >= 0.6 is 0 Å². The summed E-state index contributed by atoms with van der Waals surface area (Å²) >= 11 is 0. The van der Waals surface area contributed by atoms with E-state index in [0.29, 0.717) is 11.3 Å². The minimum atomic E-state index is -3.72. The van der Waals surface area contributed by atoms with E-state index in [2.05, 4.69) is 9.17 Å². The first-order valence-corrected chi connectivity index (χ1v) is 7.37. The lowest BCUT2D eigenvalue weighted by molar-refractivity contribution is 0.487. The van der Waals surface area contributed by atoms with E-state index in [1.54, 1.807) is 13.0 Å². The van der Waals surface area contributed by atoms with Gasteiger partial charge in [0.2, 0.25) is 5.75 Å². The highest BCUT2D eigenvalue weighted by molar-refractivity contribution is 7.86. The Labute approximate surface area is 111 Å². The molecule has 2 aromatic rings. The molecule has 0 aliphatic carbocycles. The summed E-state index contributed by atoms with van der Waals surface area (Å²) in [7, 11) is -3.72. The average Bonchev–Trinajstić information content (AvgIpc) is 2.33. The van der Waals surface area contributed by atoms with Crippen molar-refractivity contribution in [3.05, 3.63) is 52.3 Å². The molecule has 0 spiro atoms. The highest BCUT2D eigenvalue weighted by Gasteiger charge is 2.13. The predicted octanol–water partition coefficient (Wildman–Crippen LogP) is 1.69. The lowest BCUT2D eigenvalue weighted by Crippen LogP contribution is -2.17. The first-order valence-electron chi connectivity index (χ1n) is 5.55. The molecule has 0 amide bonds. The molecule has 0 bridgehead atoms. The van der Waals surface area contributed by atoms with Gasteiger partial charge in [-0.25, -0.2) is 0 Å². The third kappa shape index (κ3) is 3.23. The predicted molar refractivity (Wildman–Crippen MR) is 72.7 cm³/mol. The second-order valence-corrected chi connectivity index (χ2v) is 5.75. The second-order valence-electron chi connectivity index (χ2n) is 4.18. The third-order valence-corrected chi connectivity index (χ3v) is 2.96. The highest BCUT2D eigenvalue weighted by Crippen LogP contribution is 2.20. The summed E-state index contributed by atoms with van der Waals surface area (Å²) in [5, 5.41) is 0. The molecule has 6 heteroatoms. The van der Waals surface area contributed by atoms with Crippen LogP contribution in [-0.2, 0) is 10.1 Å². The quantitative estimate of drug-likeness (QED) is 0.867. The van der Waals surface area contributed by atoms with Gasteiger partial charge in [-0.2, -0.15) is 8.42 Å². The Morgan fingerprint density at radius 2 is 1.79 bits per heavy atom. The van der Waals surface area contributed by atoms with E-state index in [0.717, 1.165) is 11.8 Å². The number of aromatic nitrogens is 1. The van der Waals surface area contributed by atoms with Crippen LogP contribution in [0.15, 0.2) is 41.2 Å². The second kappa shape index (κ2) is 4.89. The van der Waals surface area contributed by atoms with E-state index in [-0.39, 0.29) is 5.75 Å². The van der Waals surface area contributed by atoms with Crippen LogP contribution in [0.5, 0.6) is 5.75 Å². The largest absolute Gasteiger partial charge is 0.376 e. The van der Waals surface area contributed by atoms with Crippen LogP contribution in [-0.4, -0.2) is 19.7 Å². The van der Waals surface area contributed by atoms with Gasteiger partial charge in [0.25, 0.3) is 5.56 Å². The van der Waals surface area contributed by atoms with Crippen molar-refractivity contribution in [3.63, 3.8) is 0 Å². The van der Waals surface area contributed by atoms with Gasteiger partial charge < -0.3 is 9.17 Å². The summed E-state index contributed by atoms with van der Waals surface area (Å²) in [5.41, 5.74) is 1.36. The highest BCUT2D eigenvalue weighted by atomic mass is 32.2. The van der Waals surface area contributed by atoms with E-state index in [4.69, 9.17) is 0 Å². The van der Waals surface area contributed by atoms with Crippen molar-refractivity contribution in [3.8, 4) is 17.0 Å². The first-order chi connectivity index (χ1) is 8.87. The van der Waals surface area contributed by atoms with Crippen LogP contribution in [0.25, 0.3) is 11.3 Å². The maximum atomic E-state index is 11.9. The Morgan fingerprint density at radius 3 is 2.32 bits per heavy atom. The summed E-state index contributed by atoms with van der Waals surface area (Å²) in [6, 6.07) is 10.9. The molecule has 1 N–H and O–H groups in total. The van der Waals surface area contributed by atoms with Crippen LogP contribution in [0.2, 0.25) is 0 Å². The van der Waals surface area contributed by atoms with Crippen LogP contribution in [0.3, 0.4) is 0 Å². The molecule has 5 nitrogen and oxygen atoms in total. The van der Waals surface area contributed by atoms with E-state index in [1.165, 1.54) is 0 Å². The summed E-state index contributed by atoms with van der Waals surface area (Å²) in [5.74, 6) is -0.192. The smallest absolute Gasteiger partial charge is 0.306 e. The van der Waals surface area contributed by atoms with E-state index in [9.17, 15) is 13.2 Å². The topological polar surface area (TPSA) is 76.2 Å². The zero-order chi connectivity index (χ0) is 14.0. The fourth-order valence-electron chi connectivity index (χ4n) is 1.70. The Morgan fingerprint density at radius 1 is 1.16 bits per heavy atom. The van der Waals surface area contributed by atoms with E-state index in [1.807, 2.05) is 30.3 Å². The fourth-order valence-corrected chi connectivity index (χ4v) is 2.21. The molecule has 0 saturated carbocycles. The number of H-pyrrole nitrogens is 1.